The van der Waals surface area contributed by atoms with Crippen molar-refractivity contribution in [3.05, 3.63) is 78.4 Å². The number of rotatable bonds is 2. The molecule has 0 bridgehead atoms. The zero-order valence-electron chi connectivity index (χ0n) is 13.1. The Morgan fingerprint density at radius 1 is 0.833 bits per heavy atom. The number of benzene rings is 1. The van der Waals surface area contributed by atoms with Crippen LogP contribution in [-0.4, -0.2) is 15.0 Å². The summed E-state index contributed by atoms with van der Waals surface area (Å²) in [5.41, 5.74) is 5.67. The Morgan fingerprint density at radius 3 is 2.54 bits per heavy atom. The molecule has 4 heteroatoms. The fourth-order valence-electron chi connectivity index (χ4n) is 2.74. The first kappa shape index (κ1) is 14.5. The second-order valence-corrected chi connectivity index (χ2v) is 5.60. The standard InChI is InChI=1S/C20H14FN3/c1-13-12-14(6-7-16(13)21)20-15(4-2-11-23-20)17-8-9-18-19(24-17)5-3-10-22-18/h2-12H,1H3. The number of aryl methyl sites for hydroxylation is 1. The van der Waals surface area contributed by atoms with Crippen LogP contribution in [0.3, 0.4) is 0 Å². The summed E-state index contributed by atoms with van der Waals surface area (Å²) in [6, 6.07) is 16.6. The van der Waals surface area contributed by atoms with Crippen molar-refractivity contribution in [2.45, 2.75) is 6.92 Å². The van der Waals surface area contributed by atoms with Gasteiger partial charge in [0.05, 0.1) is 22.4 Å². The van der Waals surface area contributed by atoms with Crippen LogP contribution < -0.4 is 0 Å². The van der Waals surface area contributed by atoms with Crippen LogP contribution in [0.25, 0.3) is 33.5 Å². The van der Waals surface area contributed by atoms with E-state index >= 15 is 0 Å². The van der Waals surface area contributed by atoms with Gasteiger partial charge in [0.2, 0.25) is 0 Å². The molecule has 0 N–H and O–H groups in total. The SMILES string of the molecule is Cc1cc(-c2ncccc2-c2ccc3ncccc3n2)ccc1F. The lowest BCUT2D eigenvalue weighted by Gasteiger charge is -2.10. The fourth-order valence-corrected chi connectivity index (χ4v) is 2.74. The molecule has 0 amide bonds. The molecule has 3 nitrogen and oxygen atoms in total. The third-order valence-corrected chi connectivity index (χ3v) is 3.97. The van der Waals surface area contributed by atoms with Gasteiger partial charge in [0.15, 0.2) is 0 Å². The Labute approximate surface area is 138 Å². The number of halogens is 1. The van der Waals surface area contributed by atoms with Crippen molar-refractivity contribution >= 4 is 11.0 Å². The number of hydrogen-bond acceptors (Lipinski definition) is 3. The lowest BCUT2D eigenvalue weighted by molar-refractivity contribution is 0.619. The molecule has 0 saturated carbocycles. The van der Waals surface area contributed by atoms with Crippen LogP contribution in [0, 0.1) is 12.7 Å². The number of aromatic nitrogens is 3. The zero-order valence-corrected chi connectivity index (χ0v) is 13.1. The van der Waals surface area contributed by atoms with Gasteiger partial charge in [0.1, 0.15) is 5.82 Å². The second-order valence-electron chi connectivity index (χ2n) is 5.60. The highest BCUT2D eigenvalue weighted by molar-refractivity contribution is 5.83. The molecule has 0 radical (unpaired) electrons. The first-order valence-electron chi connectivity index (χ1n) is 7.66. The van der Waals surface area contributed by atoms with Crippen LogP contribution in [0.15, 0.2) is 67.0 Å². The van der Waals surface area contributed by atoms with Crippen molar-refractivity contribution in [2.24, 2.45) is 0 Å². The van der Waals surface area contributed by atoms with Gasteiger partial charge in [-0.15, -0.1) is 0 Å². The number of hydrogen-bond donors (Lipinski definition) is 0. The van der Waals surface area contributed by atoms with Crippen LogP contribution >= 0.6 is 0 Å². The van der Waals surface area contributed by atoms with E-state index in [2.05, 4.69) is 9.97 Å². The van der Waals surface area contributed by atoms with Gasteiger partial charge in [-0.1, -0.05) is 0 Å². The van der Waals surface area contributed by atoms with Gasteiger partial charge in [-0.3, -0.25) is 9.97 Å². The summed E-state index contributed by atoms with van der Waals surface area (Å²) in [7, 11) is 0. The molecule has 0 fully saturated rings. The van der Waals surface area contributed by atoms with E-state index in [9.17, 15) is 4.39 Å². The summed E-state index contributed by atoms with van der Waals surface area (Å²) in [6.45, 7) is 1.75. The molecule has 0 aliphatic heterocycles. The molecule has 0 saturated heterocycles. The number of pyridine rings is 3. The molecule has 116 valence electrons. The maximum absolute atomic E-state index is 13.6. The highest BCUT2D eigenvalue weighted by Gasteiger charge is 2.11. The molecule has 1 aromatic carbocycles. The van der Waals surface area contributed by atoms with E-state index in [1.807, 2.05) is 42.5 Å². The minimum absolute atomic E-state index is 0.217. The molecule has 24 heavy (non-hydrogen) atoms. The van der Waals surface area contributed by atoms with Gasteiger partial charge in [-0.25, -0.2) is 9.37 Å². The Bertz CT molecular complexity index is 1040. The smallest absolute Gasteiger partial charge is 0.126 e. The zero-order chi connectivity index (χ0) is 16.5. The van der Waals surface area contributed by atoms with Gasteiger partial charge in [-0.05, 0) is 67.1 Å². The van der Waals surface area contributed by atoms with Crippen LogP contribution in [0.2, 0.25) is 0 Å². The first-order chi connectivity index (χ1) is 11.7. The minimum atomic E-state index is -0.217. The molecule has 0 aliphatic rings. The van der Waals surface area contributed by atoms with E-state index in [0.29, 0.717) is 5.56 Å². The summed E-state index contributed by atoms with van der Waals surface area (Å²) in [4.78, 5) is 13.5. The van der Waals surface area contributed by atoms with Crippen LogP contribution in [0.1, 0.15) is 5.56 Å². The van der Waals surface area contributed by atoms with Crippen molar-refractivity contribution in [1.29, 1.82) is 0 Å². The maximum atomic E-state index is 13.6. The molecular formula is C20H14FN3. The van der Waals surface area contributed by atoms with Crippen molar-refractivity contribution in [3.8, 4) is 22.5 Å². The van der Waals surface area contributed by atoms with E-state index in [0.717, 1.165) is 33.5 Å². The maximum Gasteiger partial charge on any atom is 0.126 e. The van der Waals surface area contributed by atoms with Gasteiger partial charge >= 0.3 is 0 Å². The second kappa shape index (κ2) is 5.81. The Balaban J connectivity index is 1.90. The van der Waals surface area contributed by atoms with E-state index < -0.39 is 0 Å². The van der Waals surface area contributed by atoms with Crippen molar-refractivity contribution in [3.63, 3.8) is 0 Å². The Morgan fingerprint density at radius 2 is 1.67 bits per heavy atom. The minimum Gasteiger partial charge on any atom is -0.256 e. The lowest BCUT2D eigenvalue weighted by Crippen LogP contribution is -1.93. The van der Waals surface area contributed by atoms with Crippen LogP contribution in [-0.2, 0) is 0 Å². The summed E-state index contributed by atoms with van der Waals surface area (Å²) in [5, 5.41) is 0. The van der Waals surface area contributed by atoms with Crippen LogP contribution in [0.5, 0.6) is 0 Å². The predicted octanol–water partition coefficient (Wildman–Crippen LogP) is 4.81. The fraction of sp³-hybridized carbons (Fsp3) is 0.0500. The highest BCUT2D eigenvalue weighted by Crippen LogP contribution is 2.30. The van der Waals surface area contributed by atoms with Crippen LogP contribution in [0.4, 0.5) is 4.39 Å². The average molecular weight is 315 g/mol. The van der Waals surface area contributed by atoms with Gasteiger partial charge in [0.25, 0.3) is 0 Å². The van der Waals surface area contributed by atoms with E-state index in [1.165, 1.54) is 6.07 Å². The summed E-state index contributed by atoms with van der Waals surface area (Å²) >= 11 is 0. The average Bonchev–Trinajstić information content (AvgIpc) is 2.63. The molecule has 0 atom stereocenters. The summed E-state index contributed by atoms with van der Waals surface area (Å²) in [6.07, 6.45) is 3.49. The predicted molar refractivity (Wildman–Crippen MR) is 92.9 cm³/mol. The molecule has 3 heterocycles. The van der Waals surface area contributed by atoms with Gasteiger partial charge in [-0.2, -0.15) is 0 Å². The molecular weight excluding hydrogens is 301 g/mol. The largest absolute Gasteiger partial charge is 0.256 e. The number of nitrogens with zero attached hydrogens (tertiary/aromatic N) is 3. The topological polar surface area (TPSA) is 38.7 Å². The molecule has 4 rings (SSSR count). The normalized spacial score (nSPS) is 10.9. The van der Waals surface area contributed by atoms with E-state index in [4.69, 9.17) is 4.98 Å². The lowest BCUT2D eigenvalue weighted by atomic mass is 10.0. The third kappa shape index (κ3) is 2.52. The van der Waals surface area contributed by atoms with Gasteiger partial charge < -0.3 is 0 Å². The highest BCUT2D eigenvalue weighted by atomic mass is 19.1. The Kier molecular flexibility index (Phi) is 3.50. The molecule has 0 unspecified atom stereocenters. The summed E-state index contributed by atoms with van der Waals surface area (Å²) in [5.74, 6) is -0.217. The monoisotopic (exact) mass is 315 g/mol. The van der Waals surface area contributed by atoms with Crippen molar-refractivity contribution < 1.29 is 4.39 Å². The molecule has 0 spiro atoms. The molecule has 3 aromatic heterocycles. The quantitative estimate of drug-likeness (QED) is 0.533. The van der Waals surface area contributed by atoms with Crippen molar-refractivity contribution in [1.82, 2.24) is 15.0 Å². The number of fused-ring (bicyclic) bond motifs is 1. The molecule has 4 aromatic rings. The van der Waals surface area contributed by atoms with E-state index in [-0.39, 0.29) is 5.82 Å². The Hall–Kier alpha value is -3.14. The first-order valence-corrected chi connectivity index (χ1v) is 7.66. The van der Waals surface area contributed by atoms with Crippen molar-refractivity contribution in [2.75, 3.05) is 0 Å². The summed E-state index contributed by atoms with van der Waals surface area (Å²) < 4.78 is 13.6. The van der Waals surface area contributed by atoms with E-state index in [1.54, 1.807) is 25.4 Å². The molecule has 0 aliphatic carbocycles. The third-order valence-electron chi connectivity index (χ3n) is 3.97. The van der Waals surface area contributed by atoms with Gasteiger partial charge in [0, 0.05) is 23.5 Å².